The molecule has 1 saturated carbocycles. The van der Waals surface area contributed by atoms with Gasteiger partial charge >= 0.3 is 0 Å². The van der Waals surface area contributed by atoms with Crippen LogP contribution in [0.15, 0.2) is 33.8 Å². The fourth-order valence-corrected chi connectivity index (χ4v) is 3.73. The average Bonchev–Trinajstić information content (AvgIpc) is 3.36. The molecule has 0 spiro atoms. The summed E-state index contributed by atoms with van der Waals surface area (Å²) in [4.78, 5) is 4.81. The lowest BCUT2D eigenvalue weighted by molar-refractivity contribution is 0.380. The van der Waals surface area contributed by atoms with Gasteiger partial charge < -0.3 is 15.2 Å². The molecule has 5 nitrogen and oxygen atoms in total. The molecule has 2 aromatic rings. The van der Waals surface area contributed by atoms with Crippen LogP contribution >= 0.6 is 0 Å². The van der Waals surface area contributed by atoms with Crippen LogP contribution in [0.25, 0.3) is 0 Å². The van der Waals surface area contributed by atoms with Crippen LogP contribution in [0, 0.1) is 6.92 Å². The molecular formula is C22H32N4O. The van der Waals surface area contributed by atoms with Gasteiger partial charge in [0.2, 0.25) is 0 Å². The van der Waals surface area contributed by atoms with Gasteiger partial charge in [-0.3, -0.25) is 0 Å². The number of hydrogen-bond acceptors (Lipinski definition) is 3. The average molecular weight is 369 g/mol. The zero-order chi connectivity index (χ0) is 19.3. The van der Waals surface area contributed by atoms with Gasteiger partial charge in [-0.05, 0) is 44.2 Å². The summed E-state index contributed by atoms with van der Waals surface area (Å²) in [6.07, 6.45) is 4.18. The lowest BCUT2D eigenvalue weighted by atomic mass is 9.92. The van der Waals surface area contributed by atoms with Crippen molar-refractivity contribution in [2.24, 2.45) is 4.99 Å². The fourth-order valence-electron chi connectivity index (χ4n) is 3.73. The summed E-state index contributed by atoms with van der Waals surface area (Å²) in [5.41, 5.74) is 5.25. The van der Waals surface area contributed by atoms with E-state index in [0.717, 1.165) is 48.9 Å². The predicted molar refractivity (Wildman–Crippen MR) is 110 cm³/mol. The zero-order valence-electron chi connectivity index (χ0n) is 17.1. The van der Waals surface area contributed by atoms with Gasteiger partial charge in [0.15, 0.2) is 5.96 Å². The monoisotopic (exact) mass is 368 g/mol. The minimum Gasteiger partial charge on any atom is -0.361 e. The quantitative estimate of drug-likeness (QED) is 0.548. The lowest BCUT2D eigenvalue weighted by Crippen LogP contribution is -2.41. The summed E-state index contributed by atoms with van der Waals surface area (Å²) >= 11 is 0. The maximum absolute atomic E-state index is 5.46. The summed E-state index contributed by atoms with van der Waals surface area (Å²) < 4.78 is 5.46. The molecule has 0 radical (unpaired) electrons. The molecule has 27 heavy (non-hydrogen) atoms. The Labute approximate surface area is 162 Å². The van der Waals surface area contributed by atoms with Crippen molar-refractivity contribution in [3.8, 4) is 0 Å². The Morgan fingerprint density at radius 3 is 2.56 bits per heavy atom. The summed E-state index contributed by atoms with van der Waals surface area (Å²) in [5.74, 6) is 1.81. The van der Waals surface area contributed by atoms with Crippen LogP contribution in [-0.2, 0) is 24.8 Å². The number of aromatic nitrogens is 1. The van der Waals surface area contributed by atoms with Crippen molar-refractivity contribution >= 4 is 5.96 Å². The Morgan fingerprint density at radius 1 is 1.15 bits per heavy atom. The summed E-state index contributed by atoms with van der Waals surface area (Å²) in [6, 6.07) is 8.74. The smallest absolute Gasteiger partial charge is 0.191 e. The zero-order valence-corrected chi connectivity index (χ0v) is 17.1. The molecule has 0 aliphatic heterocycles. The van der Waals surface area contributed by atoms with Crippen molar-refractivity contribution in [3.05, 3.63) is 52.4 Å². The first-order chi connectivity index (χ1) is 13.1. The molecule has 1 aromatic heterocycles. The van der Waals surface area contributed by atoms with Crippen LogP contribution in [0.3, 0.4) is 0 Å². The van der Waals surface area contributed by atoms with Gasteiger partial charge in [-0.2, -0.15) is 0 Å². The summed E-state index contributed by atoms with van der Waals surface area (Å²) in [6.45, 7) is 10.9. The van der Waals surface area contributed by atoms with E-state index in [4.69, 9.17) is 9.52 Å². The highest BCUT2D eigenvalue weighted by Gasteiger charge is 2.44. The second-order valence-corrected chi connectivity index (χ2v) is 7.38. The van der Waals surface area contributed by atoms with Crippen LogP contribution in [0.5, 0.6) is 0 Å². The van der Waals surface area contributed by atoms with Crippen molar-refractivity contribution in [2.45, 2.75) is 65.3 Å². The summed E-state index contributed by atoms with van der Waals surface area (Å²) in [5, 5.41) is 11.1. The molecular weight excluding hydrogens is 336 g/mol. The van der Waals surface area contributed by atoms with E-state index in [1.54, 1.807) is 0 Å². The van der Waals surface area contributed by atoms with E-state index < -0.39 is 0 Å². The van der Waals surface area contributed by atoms with Gasteiger partial charge in [-0.1, -0.05) is 43.3 Å². The van der Waals surface area contributed by atoms with Crippen LogP contribution < -0.4 is 10.6 Å². The second-order valence-electron chi connectivity index (χ2n) is 7.38. The molecule has 0 bridgehead atoms. The van der Waals surface area contributed by atoms with Gasteiger partial charge in [0.25, 0.3) is 0 Å². The first-order valence-electron chi connectivity index (χ1n) is 10.2. The van der Waals surface area contributed by atoms with Gasteiger partial charge in [-0.15, -0.1) is 0 Å². The van der Waals surface area contributed by atoms with E-state index in [1.165, 1.54) is 24.0 Å². The SMILES string of the molecule is CCNC(=NCc1c(CC)noc1CC)NCC1(c2ccccc2C)CC1. The fraction of sp³-hybridized carbons (Fsp3) is 0.545. The van der Waals surface area contributed by atoms with Gasteiger partial charge in [0, 0.05) is 30.5 Å². The first kappa shape index (κ1) is 19.5. The largest absolute Gasteiger partial charge is 0.361 e. The highest BCUT2D eigenvalue weighted by molar-refractivity contribution is 5.80. The Balaban J connectivity index is 1.70. The number of rotatable bonds is 8. The number of hydrogen-bond donors (Lipinski definition) is 2. The van der Waals surface area contributed by atoms with Crippen LogP contribution in [-0.4, -0.2) is 24.2 Å². The number of aryl methyl sites for hydroxylation is 3. The Kier molecular flexibility index (Phi) is 6.19. The maximum atomic E-state index is 5.46. The van der Waals surface area contributed by atoms with Crippen molar-refractivity contribution in [3.63, 3.8) is 0 Å². The standard InChI is InChI=1S/C22H32N4O/c1-5-19-17(20(6-2)27-26-19)14-24-21(23-7-3)25-15-22(12-13-22)18-11-9-8-10-16(18)4/h8-11H,5-7,12-15H2,1-4H3,(H2,23,24,25). The molecule has 1 fully saturated rings. The third-order valence-electron chi connectivity index (χ3n) is 5.51. The van der Waals surface area contributed by atoms with Gasteiger partial charge in [0.05, 0.1) is 12.2 Å². The van der Waals surface area contributed by atoms with Crippen molar-refractivity contribution < 1.29 is 4.52 Å². The Bertz CT molecular complexity index is 768. The number of aliphatic imine (C=N–C) groups is 1. The molecule has 3 rings (SSSR count). The molecule has 1 aliphatic carbocycles. The van der Waals surface area contributed by atoms with Crippen molar-refractivity contribution in [2.75, 3.05) is 13.1 Å². The van der Waals surface area contributed by atoms with E-state index in [9.17, 15) is 0 Å². The van der Waals surface area contributed by atoms with Crippen molar-refractivity contribution in [1.29, 1.82) is 0 Å². The normalized spacial score (nSPS) is 15.6. The molecule has 0 atom stereocenters. The molecule has 146 valence electrons. The summed E-state index contributed by atoms with van der Waals surface area (Å²) in [7, 11) is 0. The molecule has 0 saturated heterocycles. The van der Waals surface area contributed by atoms with Crippen LogP contribution in [0.4, 0.5) is 0 Å². The maximum Gasteiger partial charge on any atom is 0.191 e. The molecule has 0 amide bonds. The molecule has 1 aliphatic rings. The predicted octanol–water partition coefficient (Wildman–Crippen LogP) is 3.89. The van der Waals surface area contributed by atoms with Gasteiger partial charge in [0.1, 0.15) is 5.76 Å². The van der Waals surface area contributed by atoms with E-state index in [2.05, 4.69) is 67.8 Å². The Morgan fingerprint density at radius 2 is 1.93 bits per heavy atom. The highest BCUT2D eigenvalue weighted by atomic mass is 16.5. The number of nitrogens with one attached hydrogen (secondary N) is 2. The molecule has 1 aromatic carbocycles. The third kappa shape index (κ3) is 4.34. The first-order valence-corrected chi connectivity index (χ1v) is 10.2. The van der Waals surface area contributed by atoms with Crippen LogP contribution in [0.2, 0.25) is 0 Å². The third-order valence-corrected chi connectivity index (χ3v) is 5.51. The van der Waals surface area contributed by atoms with Crippen LogP contribution in [0.1, 0.15) is 61.8 Å². The molecule has 0 unspecified atom stereocenters. The minimum atomic E-state index is 0.252. The number of nitrogens with zero attached hydrogens (tertiary/aromatic N) is 2. The number of benzene rings is 1. The van der Waals surface area contributed by atoms with E-state index in [1.807, 2.05) is 0 Å². The highest BCUT2D eigenvalue weighted by Crippen LogP contribution is 2.48. The molecule has 1 heterocycles. The molecule has 2 N–H and O–H groups in total. The van der Waals surface area contributed by atoms with E-state index >= 15 is 0 Å². The van der Waals surface area contributed by atoms with E-state index in [0.29, 0.717) is 6.54 Å². The Hall–Kier alpha value is -2.30. The minimum absolute atomic E-state index is 0.252. The topological polar surface area (TPSA) is 62.5 Å². The number of guanidine groups is 1. The second kappa shape index (κ2) is 8.59. The van der Waals surface area contributed by atoms with Gasteiger partial charge in [-0.25, -0.2) is 4.99 Å². The molecule has 5 heteroatoms. The van der Waals surface area contributed by atoms with E-state index in [-0.39, 0.29) is 5.41 Å². The lowest BCUT2D eigenvalue weighted by Gasteiger charge is -2.20. The van der Waals surface area contributed by atoms with Crippen molar-refractivity contribution in [1.82, 2.24) is 15.8 Å².